The van der Waals surface area contributed by atoms with Crippen LogP contribution >= 0.6 is 34.5 Å². The van der Waals surface area contributed by atoms with Gasteiger partial charge in [-0.05, 0) is 55.0 Å². The van der Waals surface area contributed by atoms with Crippen molar-refractivity contribution < 1.29 is 14.5 Å². The first kappa shape index (κ1) is 20.8. The van der Waals surface area contributed by atoms with Crippen LogP contribution in [0, 0.1) is 17.0 Å². The van der Waals surface area contributed by atoms with E-state index in [4.69, 9.17) is 23.2 Å². The molecule has 10 heteroatoms. The van der Waals surface area contributed by atoms with E-state index in [1.165, 1.54) is 24.3 Å². The minimum Gasteiger partial charge on any atom is -0.322 e. The molecule has 0 saturated heterocycles. The molecule has 0 spiro atoms. The fraction of sp³-hybridized carbons (Fsp3) is 0.0526. The lowest BCUT2D eigenvalue weighted by Crippen LogP contribution is -2.18. The molecule has 2 amide bonds. The maximum absolute atomic E-state index is 12.7. The largest absolute Gasteiger partial charge is 0.325 e. The zero-order valence-corrected chi connectivity index (χ0v) is 17.2. The van der Waals surface area contributed by atoms with Crippen LogP contribution < -0.4 is 10.6 Å². The third kappa shape index (κ3) is 4.92. The number of nitro groups is 1. The number of nitrogens with zero attached hydrogens (tertiary/aromatic N) is 1. The molecule has 0 aliphatic rings. The van der Waals surface area contributed by atoms with Crippen LogP contribution in [0.15, 0.2) is 48.5 Å². The molecule has 0 fully saturated rings. The molecule has 0 unspecified atom stereocenters. The lowest BCUT2D eigenvalue weighted by molar-refractivity contribution is -0.380. The van der Waals surface area contributed by atoms with Crippen molar-refractivity contribution >= 4 is 62.7 Å². The highest BCUT2D eigenvalue weighted by Gasteiger charge is 2.21. The average molecular weight is 450 g/mol. The SMILES string of the molecule is Cc1cc([N+](=O)[O-])sc1C(=O)Nc1ccc(Cl)cc1C(=O)Nc1ccc(Cl)cc1. The van der Waals surface area contributed by atoms with Gasteiger partial charge >= 0.3 is 5.00 Å². The van der Waals surface area contributed by atoms with Crippen molar-refractivity contribution in [2.45, 2.75) is 6.92 Å². The monoisotopic (exact) mass is 449 g/mol. The Balaban J connectivity index is 1.86. The van der Waals surface area contributed by atoms with E-state index in [0.29, 0.717) is 21.3 Å². The van der Waals surface area contributed by atoms with Crippen LogP contribution in [0.2, 0.25) is 10.0 Å². The Bertz CT molecular complexity index is 1110. The van der Waals surface area contributed by atoms with E-state index in [-0.39, 0.29) is 21.1 Å². The van der Waals surface area contributed by atoms with Gasteiger partial charge in [-0.15, -0.1) is 0 Å². The van der Waals surface area contributed by atoms with Crippen molar-refractivity contribution in [3.8, 4) is 0 Å². The Kier molecular flexibility index (Phi) is 6.17. The number of nitrogens with one attached hydrogen (secondary N) is 2. The van der Waals surface area contributed by atoms with Crippen molar-refractivity contribution in [1.82, 2.24) is 0 Å². The first-order valence-electron chi connectivity index (χ1n) is 8.17. The van der Waals surface area contributed by atoms with Gasteiger partial charge in [-0.25, -0.2) is 0 Å². The molecule has 1 aromatic heterocycles. The van der Waals surface area contributed by atoms with Crippen LogP contribution in [0.3, 0.4) is 0 Å². The van der Waals surface area contributed by atoms with E-state index in [0.717, 1.165) is 11.3 Å². The number of carbonyl (C=O) groups excluding carboxylic acids is 2. The number of aryl methyl sites for hydroxylation is 1. The Hall–Kier alpha value is -2.94. The number of hydrogen-bond donors (Lipinski definition) is 2. The summed E-state index contributed by atoms with van der Waals surface area (Å²) in [4.78, 5) is 35.9. The highest BCUT2D eigenvalue weighted by atomic mass is 35.5. The number of thiophene rings is 1. The normalized spacial score (nSPS) is 10.4. The van der Waals surface area contributed by atoms with E-state index in [2.05, 4.69) is 10.6 Å². The maximum atomic E-state index is 12.7. The minimum absolute atomic E-state index is 0.135. The third-order valence-corrected chi connectivity index (χ3v) is 5.54. The molecule has 1 heterocycles. The van der Waals surface area contributed by atoms with Gasteiger partial charge in [-0.2, -0.15) is 0 Å². The fourth-order valence-corrected chi connectivity index (χ4v) is 3.69. The minimum atomic E-state index is -0.554. The number of amides is 2. The van der Waals surface area contributed by atoms with E-state index < -0.39 is 16.7 Å². The smallest absolute Gasteiger partial charge is 0.322 e. The molecule has 29 heavy (non-hydrogen) atoms. The summed E-state index contributed by atoms with van der Waals surface area (Å²) in [6.07, 6.45) is 0. The maximum Gasteiger partial charge on any atom is 0.325 e. The summed E-state index contributed by atoms with van der Waals surface area (Å²) in [5.41, 5.74) is 1.35. The standard InChI is InChI=1S/C19H13Cl2N3O4S/c1-10-8-16(24(27)28)29-17(10)19(26)23-15-7-4-12(21)9-14(15)18(25)22-13-5-2-11(20)3-6-13/h2-9H,1H3,(H,22,25)(H,23,26). The fourth-order valence-electron chi connectivity index (χ4n) is 2.50. The molecule has 0 aliphatic carbocycles. The number of carbonyl (C=O) groups is 2. The van der Waals surface area contributed by atoms with Gasteiger partial charge in [0.1, 0.15) is 4.88 Å². The molecule has 0 bridgehead atoms. The van der Waals surface area contributed by atoms with Gasteiger partial charge in [-0.3, -0.25) is 19.7 Å². The number of hydrogen-bond acceptors (Lipinski definition) is 5. The van der Waals surface area contributed by atoms with Gasteiger partial charge in [0.2, 0.25) is 0 Å². The van der Waals surface area contributed by atoms with Gasteiger partial charge < -0.3 is 10.6 Å². The first-order valence-corrected chi connectivity index (χ1v) is 9.74. The predicted molar refractivity (Wildman–Crippen MR) is 115 cm³/mol. The zero-order chi connectivity index (χ0) is 21.1. The summed E-state index contributed by atoms with van der Waals surface area (Å²) < 4.78 is 0. The summed E-state index contributed by atoms with van der Waals surface area (Å²) in [7, 11) is 0. The van der Waals surface area contributed by atoms with E-state index in [1.807, 2.05) is 0 Å². The lowest BCUT2D eigenvalue weighted by atomic mass is 10.1. The summed E-state index contributed by atoms with van der Waals surface area (Å²) >= 11 is 12.6. The Morgan fingerprint density at radius 1 is 0.966 bits per heavy atom. The number of rotatable bonds is 5. The predicted octanol–water partition coefficient (Wildman–Crippen LogP) is 5.78. The van der Waals surface area contributed by atoms with Gasteiger partial charge in [0.15, 0.2) is 0 Å². The highest BCUT2D eigenvalue weighted by molar-refractivity contribution is 7.17. The van der Waals surface area contributed by atoms with Crippen molar-refractivity contribution in [2.75, 3.05) is 10.6 Å². The first-order chi connectivity index (χ1) is 13.7. The topological polar surface area (TPSA) is 101 Å². The van der Waals surface area contributed by atoms with Gasteiger partial charge in [0.25, 0.3) is 11.8 Å². The molecule has 0 radical (unpaired) electrons. The van der Waals surface area contributed by atoms with E-state index in [9.17, 15) is 19.7 Å². The zero-order valence-electron chi connectivity index (χ0n) is 14.9. The molecule has 7 nitrogen and oxygen atoms in total. The van der Waals surface area contributed by atoms with Crippen LogP contribution in [0.25, 0.3) is 0 Å². The third-order valence-electron chi connectivity index (χ3n) is 3.87. The van der Waals surface area contributed by atoms with Crippen LogP contribution in [0.5, 0.6) is 0 Å². The van der Waals surface area contributed by atoms with Crippen molar-refractivity contribution in [3.05, 3.63) is 84.7 Å². The molecule has 0 aliphatic heterocycles. The van der Waals surface area contributed by atoms with Gasteiger partial charge in [0.05, 0.1) is 16.2 Å². The van der Waals surface area contributed by atoms with Gasteiger partial charge in [0, 0.05) is 21.8 Å². The second-order valence-electron chi connectivity index (χ2n) is 5.96. The number of anilines is 2. The molecule has 3 rings (SSSR count). The van der Waals surface area contributed by atoms with Crippen molar-refractivity contribution in [1.29, 1.82) is 0 Å². The second-order valence-corrected chi connectivity index (χ2v) is 7.86. The van der Waals surface area contributed by atoms with Crippen LogP contribution in [-0.2, 0) is 0 Å². The molecule has 0 atom stereocenters. The summed E-state index contributed by atoms with van der Waals surface area (Å²) in [6.45, 7) is 1.61. The van der Waals surface area contributed by atoms with E-state index in [1.54, 1.807) is 31.2 Å². The number of halogens is 2. The van der Waals surface area contributed by atoms with Crippen LogP contribution in [0.1, 0.15) is 25.6 Å². The Labute approximate surface area is 179 Å². The van der Waals surface area contributed by atoms with Crippen molar-refractivity contribution in [2.24, 2.45) is 0 Å². The molecule has 3 aromatic rings. The second kappa shape index (κ2) is 8.60. The molecule has 0 saturated carbocycles. The average Bonchev–Trinajstić information content (AvgIpc) is 3.07. The quantitative estimate of drug-likeness (QED) is 0.380. The molecular weight excluding hydrogens is 437 g/mol. The Morgan fingerprint density at radius 3 is 2.24 bits per heavy atom. The summed E-state index contributed by atoms with van der Waals surface area (Å²) in [5, 5.41) is 17.0. The summed E-state index contributed by atoms with van der Waals surface area (Å²) in [6, 6.07) is 12.3. The Morgan fingerprint density at radius 2 is 1.62 bits per heavy atom. The van der Waals surface area contributed by atoms with E-state index >= 15 is 0 Å². The highest BCUT2D eigenvalue weighted by Crippen LogP contribution is 2.30. The molecule has 2 aromatic carbocycles. The van der Waals surface area contributed by atoms with Crippen LogP contribution in [-0.4, -0.2) is 16.7 Å². The van der Waals surface area contributed by atoms with Crippen molar-refractivity contribution in [3.63, 3.8) is 0 Å². The number of benzene rings is 2. The molecule has 2 N–H and O–H groups in total. The van der Waals surface area contributed by atoms with Crippen LogP contribution in [0.4, 0.5) is 16.4 Å². The summed E-state index contributed by atoms with van der Waals surface area (Å²) in [5.74, 6) is -1.04. The van der Waals surface area contributed by atoms with Gasteiger partial charge in [-0.1, -0.05) is 34.5 Å². The lowest BCUT2D eigenvalue weighted by Gasteiger charge is -2.12. The molecule has 148 valence electrons. The molecular formula is C19H13Cl2N3O4S.